The van der Waals surface area contributed by atoms with Crippen LogP contribution in [0.5, 0.6) is 0 Å². The van der Waals surface area contributed by atoms with Gasteiger partial charge in [-0.2, -0.15) is 0 Å². The van der Waals surface area contributed by atoms with E-state index in [2.05, 4.69) is 5.32 Å². The van der Waals surface area contributed by atoms with Crippen LogP contribution < -0.4 is 11.1 Å². The van der Waals surface area contributed by atoms with Crippen LogP contribution in [-0.4, -0.2) is 60.0 Å². The third-order valence-electron chi connectivity index (χ3n) is 3.55. The summed E-state index contributed by atoms with van der Waals surface area (Å²) in [5, 5.41) is 2.79. The highest BCUT2D eigenvalue weighted by molar-refractivity contribution is 5.85. The summed E-state index contributed by atoms with van der Waals surface area (Å²) < 4.78 is 0. The molecule has 6 nitrogen and oxygen atoms in total. The minimum absolute atomic E-state index is 0. The number of halogens is 1. The largest absolute Gasteiger partial charge is 0.337 e. The van der Waals surface area contributed by atoms with Gasteiger partial charge in [-0.05, 0) is 5.92 Å². The molecule has 2 heterocycles. The molecule has 0 aromatic carbocycles. The Hall–Kier alpha value is -1.01. The van der Waals surface area contributed by atoms with Crippen molar-refractivity contribution in [2.45, 2.75) is 25.9 Å². The fourth-order valence-corrected chi connectivity index (χ4v) is 2.30. The third kappa shape index (κ3) is 2.70. The van der Waals surface area contributed by atoms with Gasteiger partial charge >= 0.3 is 6.03 Å². The molecule has 0 radical (unpaired) electrons. The van der Waals surface area contributed by atoms with E-state index >= 15 is 0 Å². The van der Waals surface area contributed by atoms with E-state index < -0.39 is 6.04 Å². The zero-order valence-electron chi connectivity index (χ0n) is 10.8. The van der Waals surface area contributed by atoms with Crippen LogP contribution in [-0.2, 0) is 4.79 Å². The SMILES string of the molecule is CC(C)[C@H](N)C(=O)N1CCN2C(=O)NCC2C1.Cl. The average Bonchev–Trinajstić information content (AvgIpc) is 2.68. The number of amides is 3. The van der Waals surface area contributed by atoms with Crippen molar-refractivity contribution in [3.8, 4) is 0 Å². The predicted octanol–water partition coefficient (Wildman–Crippen LogP) is -0.372. The van der Waals surface area contributed by atoms with E-state index in [0.717, 1.165) is 0 Å². The molecule has 0 aliphatic carbocycles. The van der Waals surface area contributed by atoms with Crippen LogP contribution in [0.2, 0.25) is 0 Å². The van der Waals surface area contributed by atoms with E-state index in [4.69, 9.17) is 5.73 Å². The number of carbonyl (C=O) groups excluding carboxylic acids is 2. The molecule has 2 rings (SSSR count). The van der Waals surface area contributed by atoms with Crippen molar-refractivity contribution in [3.05, 3.63) is 0 Å². The number of nitrogens with one attached hydrogen (secondary N) is 1. The van der Waals surface area contributed by atoms with Gasteiger partial charge in [0.25, 0.3) is 0 Å². The third-order valence-corrected chi connectivity index (χ3v) is 3.55. The number of hydrogen-bond donors (Lipinski definition) is 2. The smallest absolute Gasteiger partial charge is 0.317 e. The number of carbonyl (C=O) groups is 2. The normalized spacial score (nSPS) is 24.4. The molecule has 3 amide bonds. The van der Waals surface area contributed by atoms with Gasteiger partial charge in [0, 0.05) is 26.2 Å². The number of nitrogens with zero attached hydrogens (tertiary/aromatic N) is 2. The molecule has 3 N–H and O–H groups in total. The Morgan fingerprint density at radius 3 is 2.72 bits per heavy atom. The van der Waals surface area contributed by atoms with E-state index in [1.165, 1.54) is 0 Å². The lowest BCUT2D eigenvalue weighted by Crippen LogP contribution is -2.57. The van der Waals surface area contributed by atoms with Crippen molar-refractivity contribution in [1.82, 2.24) is 15.1 Å². The average molecular weight is 277 g/mol. The number of piperazine rings is 1. The summed E-state index contributed by atoms with van der Waals surface area (Å²) in [4.78, 5) is 27.1. The fraction of sp³-hybridized carbons (Fsp3) is 0.818. The number of nitrogens with two attached hydrogens (primary N) is 1. The van der Waals surface area contributed by atoms with Gasteiger partial charge in [-0.25, -0.2) is 4.79 Å². The lowest BCUT2D eigenvalue weighted by molar-refractivity contribution is -0.135. The summed E-state index contributed by atoms with van der Waals surface area (Å²) >= 11 is 0. The van der Waals surface area contributed by atoms with Gasteiger partial charge in [0.05, 0.1) is 12.1 Å². The Kier molecular flexibility index (Phi) is 4.81. The minimum Gasteiger partial charge on any atom is -0.337 e. The highest BCUT2D eigenvalue weighted by atomic mass is 35.5. The molecule has 0 aromatic heterocycles. The van der Waals surface area contributed by atoms with Gasteiger partial charge in [-0.1, -0.05) is 13.8 Å². The van der Waals surface area contributed by atoms with Crippen molar-refractivity contribution in [2.24, 2.45) is 11.7 Å². The molecule has 2 fully saturated rings. The van der Waals surface area contributed by atoms with Gasteiger partial charge in [-0.3, -0.25) is 4.79 Å². The maximum Gasteiger partial charge on any atom is 0.317 e. The predicted molar refractivity (Wildman–Crippen MR) is 70.5 cm³/mol. The number of hydrogen-bond acceptors (Lipinski definition) is 3. The minimum atomic E-state index is -0.438. The molecule has 2 saturated heterocycles. The standard InChI is InChI=1S/C11H20N4O2.ClH/c1-7(2)9(12)10(16)14-3-4-15-8(6-14)5-13-11(15)17;/h7-9H,3-6,12H2,1-2H3,(H,13,17);1H/t8?,9-;/m0./s1. The molecule has 0 saturated carbocycles. The number of fused-ring (bicyclic) bond motifs is 1. The summed E-state index contributed by atoms with van der Waals surface area (Å²) in [6.07, 6.45) is 0. The van der Waals surface area contributed by atoms with Gasteiger partial charge in [-0.15, -0.1) is 12.4 Å². The molecular weight excluding hydrogens is 256 g/mol. The monoisotopic (exact) mass is 276 g/mol. The molecule has 2 atom stereocenters. The van der Waals surface area contributed by atoms with E-state index in [9.17, 15) is 9.59 Å². The number of urea groups is 1. The van der Waals surface area contributed by atoms with Crippen molar-refractivity contribution in [3.63, 3.8) is 0 Å². The zero-order chi connectivity index (χ0) is 12.6. The van der Waals surface area contributed by atoms with Crippen molar-refractivity contribution >= 4 is 24.3 Å². The summed E-state index contributed by atoms with van der Waals surface area (Å²) in [6.45, 7) is 6.30. The van der Waals surface area contributed by atoms with E-state index in [1.54, 1.807) is 9.80 Å². The molecule has 0 bridgehead atoms. The van der Waals surface area contributed by atoms with Crippen LogP contribution in [0, 0.1) is 5.92 Å². The summed E-state index contributed by atoms with van der Waals surface area (Å²) in [5.74, 6) is 0.142. The number of rotatable bonds is 2. The fourth-order valence-electron chi connectivity index (χ4n) is 2.30. The van der Waals surface area contributed by atoms with E-state index in [-0.39, 0.29) is 36.3 Å². The first-order valence-corrected chi connectivity index (χ1v) is 6.09. The van der Waals surface area contributed by atoms with Crippen LogP contribution in [0.4, 0.5) is 4.79 Å². The quantitative estimate of drug-likeness (QED) is 0.722. The van der Waals surface area contributed by atoms with Crippen LogP contribution in [0.25, 0.3) is 0 Å². The van der Waals surface area contributed by atoms with Crippen molar-refractivity contribution < 1.29 is 9.59 Å². The molecular formula is C11H21ClN4O2. The molecule has 0 aromatic rings. The van der Waals surface area contributed by atoms with Gasteiger partial charge in [0.15, 0.2) is 0 Å². The Morgan fingerprint density at radius 1 is 1.44 bits per heavy atom. The first kappa shape index (κ1) is 15.0. The maximum atomic E-state index is 12.1. The second kappa shape index (κ2) is 5.75. The molecule has 7 heteroatoms. The summed E-state index contributed by atoms with van der Waals surface area (Å²) in [5.41, 5.74) is 5.87. The lowest BCUT2D eigenvalue weighted by Gasteiger charge is -2.37. The maximum absolute atomic E-state index is 12.1. The van der Waals surface area contributed by atoms with Crippen molar-refractivity contribution in [2.75, 3.05) is 26.2 Å². The Balaban J connectivity index is 0.00000162. The topological polar surface area (TPSA) is 78.7 Å². The Bertz CT molecular complexity index is 337. The molecule has 104 valence electrons. The van der Waals surface area contributed by atoms with Crippen LogP contribution >= 0.6 is 12.4 Å². The molecule has 0 spiro atoms. The van der Waals surface area contributed by atoms with Gasteiger partial charge in [0.1, 0.15) is 0 Å². The van der Waals surface area contributed by atoms with Gasteiger partial charge in [0.2, 0.25) is 5.91 Å². The molecule has 18 heavy (non-hydrogen) atoms. The van der Waals surface area contributed by atoms with E-state index in [1.807, 2.05) is 13.8 Å². The molecule has 1 unspecified atom stereocenters. The molecule has 2 aliphatic heterocycles. The zero-order valence-corrected chi connectivity index (χ0v) is 11.6. The Labute approximate surface area is 113 Å². The first-order chi connectivity index (χ1) is 8.00. The highest BCUT2D eigenvalue weighted by Crippen LogP contribution is 2.15. The Morgan fingerprint density at radius 2 is 2.11 bits per heavy atom. The molecule has 2 aliphatic rings. The van der Waals surface area contributed by atoms with E-state index in [0.29, 0.717) is 26.2 Å². The first-order valence-electron chi connectivity index (χ1n) is 6.09. The highest BCUT2D eigenvalue weighted by Gasteiger charge is 2.38. The van der Waals surface area contributed by atoms with Crippen LogP contribution in [0.1, 0.15) is 13.8 Å². The van der Waals surface area contributed by atoms with Crippen LogP contribution in [0.15, 0.2) is 0 Å². The lowest BCUT2D eigenvalue weighted by atomic mass is 10.0. The summed E-state index contributed by atoms with van der Waals surface area (Å²) in [6, 6.07) is -0.346. The van der Waals surface area contributed by atoms with Gasteiger partial charge < -0.3 is 20.9 Å². The summed E-state index contributed by atoms with van der Waals surface area (Å²) in [7, 11) is 0. The van der Waals surface area contributed by atoms with Crippen LogP contribution in [0.3, 0.4) is 0 Å². The van der Waals surface area contributed by atoms with Crippen molar-refractivity contribution in [1.29, 1.82) is 0 Å². The second-order valence-corrected chi connectivity index (χ2v) is 5.09. The second-order valence-electron chi connectivity index (χ2n) is 5.09.